The van der Waals surface area contributed by atoms with Gasteiger partial charge in [-0.05, 0) is 18.8 Å². The minimum absolute atomic E-state index is 0.296. The SMILES string of the molecule is [CH2]CCCC(=O)N(CCC)CC(C)C. The lowest BCUT2D eigenvalue weighted by Crippen LogP contribution is -2.34. The summed E-state index contributed by atoms with van der Waals surface area (Å²) in [4.78, 5) is 13.7. The highest BCUT2D eigenvalue weighted by Crippen LogP contribution is 2.05. The molecule has 0 aliphatic rings. The van der Waals surface area contributed by atoms with Crippen molar-refractivity contribution in [2.45, 2.75) is 46.5 Å². The predicted molar refractivity (Wildman–Crippen MR) is 60.9 cm³/mol. The molecule has 0 saturated heterocycles. The first-order valence-electron chi connectivity index (χ1n) is 5.68. The van der Waals surface area contributed by atoms with Crippen LogP contribution in [0.4, 0.5) is 0 Å². The molecule has 0 unspecified atom stereocenters. The second-order valence-corrected chi connectivity index (χ2v) is 4.19. The van der Waals surface area contributed by atoms with Gasteiger partial charge in [0.05, 0.1) is 0 Å². The van der Waals surface area contributed by atoms with Crippen molar-refractivity contribution < 1.29 is 4.79 Å². The van der Waals surface area contributed by atoms with Gasteiger partial charge >= 0.3 is 0 Å². The summed E-state index contributed by atoms with van der Waals surface area (Å²) >= 11 is 0. The largest absolute Gasteiger partial charge is 0.342 e. The molecule has 0 atom stereocenters. The summed E-state index contributed by atoms with van der Waals surface area (Å²) in [5, 5.41) is 0. The van der Waals surface area contributed by atoms with Crippen LogP contribution >= 0.6 is 0 Å². The van der Waals surface area contributed by atoms with E-state index in [1.54, 1.807) is 0 Å². The Kier molecular flexibility index (Phi) is 7.54. The van der Waals surface area contributed by atoms with Gasteiger partial charge in [-0.15, -0.1) is 0 Å². The number of unbranched alkanes of at least 4 members (excludes halogenated alkanes) is 1. The van der Waals surface area contributed by atoms with E-state index in [1.807, 2.05) is 4.90 Å². The molecular formula is C12H24NO. The molecule has 0 saturated carbocycles. The minimum atomic E-state index is 0.296. The molecule has 0 spiro atoms. The fraction of sp³-hybridized carbons (Fsp3) is 0.833. The van der Waals surface area contributed by atoms with Crippen LogP contribution in [-0.4, -0.2) is 23.9 Å². The Morgan fingerprint density at radius 3 is 2.50 bits per heavy atom. The number of rotatable bonds is 7. The molecule has 0 aliphatic heterocycles. The molecular weight excluding hydrogens is 174 g/mol. The van der Waals surface area contributed by atoms with E-state index in [-0.39, 0.29) is 0 Å². The van der Waals surface area contributed by atoms with Crippen LogP contribution in [0.5, 0.6) is 0 Å². The first kappa shape index (κ1) is 13.5. The van der Waals surface area contributed by atoms with Crippen molar-refractivity contribution >= 4 is 5.91 Å². The molecule has 0 aromatic heterocycles. The van der Waals surface area contributed by atoms with Gasteiger partial charge < -0.3 is 4.90 Å². The number of hydrogen-bond donors (Lipinski definition) is 0. The molecule has 1 amide bonds. The summed E-state index contributed by atoms with van der Waals surface area (Å²) in [6, 6.07) is 0. The fourth-order valence-corrected chi connectivity index (χ4v) is 1.46. The van der Waals surface area contributed by atoms with Crippen molar-refractivity contribution in [1.82, 2.24) is 4.90 Å². The van der Waals surface area contributed by atoms with E-state index in [1.165, 1.54) is 0 Å². The number of nitrogens with zero attached hydrogens (tertiary/aromatic N) is 1. The molecule has 14 heavy (non-hydrogen) atoms. The van der Waals surface area contributed by atoms with Gasteiger partial charge in [-0.25, -0.2) is 0 Å². The van der Waals surface area contributed by atoms with Crippen LogP contribution < -0.4 is 0 Å². The van der Waals surface area contributed by atoms with Crippen molar-refractivity contribution in [3.8, 4) is 0 Å². The summed E-state index contributed by atoms with van der Waals surface area (Å²) in [7, 11) is 0. The average molecular weight is 198 g/mol. The first-order chi connectivity index (χ1) is 6.61. The Balaban J connectivity index is 3.97. The number of hydrogen-bond acceptors (Lipinski definition) is 1. The zero-order valence-corrected chi connectivity index (χ0v) is 9.88. The highest BCUT2D eigenvalue weighted by molar-refractivity contribution is 5.76. The van der Waals surface area contributed by atoms with Gasteiger partial charge in [0.1, 0.15) is 0 Å². The van der Waals surface area contributed by atoms with Crippen molar-refractivity contribution in [1.29, 1.82) is 0 Å². The molecule has 0 aliphatic carbocycles. The third kappa shape index (κ3) is 6.01. The normalized spacial score (nSPS) is 10.6. The van der Waals surface area contributed by atoms with Crippen LogP contribution in [0.1, 0.15) is 46.5 Å². The standard InChI is InChI=1S/C12H24NO/c1-5-7-8-12(14)13(9-6-2)10-11(3)4/h11H,1,5-10H2,2-4H3. The summed E-state index contributed by atoms with van der Waals surface area (Å²) < 4.78 is 0. The van der Waals surface area contributed by atoms with Gasteiger partial charge in [-0.1, -0.05) is 34.1 Å². The van der Waals surface area contributed by atoms with E-state index >= 15 is 0 Å². The zero-order chi connectivity index (χ0) is 11.0. The zero-order valence-electron chi connectivity index (χ0n) is 9.88. The van der Waals surface area contributed by atoms with Crippen molar-refractivity contribution in [2.24, 2.45) is 5.92 Å². The second-order valence-electron chi connectivity index (χ2n) is 4.19. The van der Waals surface area contributed by atoms with E-state index < -0.39 is 0 Å². The summed E-state index contributed by atoms with van der Waals surface area (Å²) in [5.41, 5.74) is 0. The number of carbonyl (C=O) groups excluding carboxylic acids is 1. The lowest BCUT2D eigenvalue weighted by atomic mass is 10.1. The monoisotopic (exact) mass is 198 g/mol. The summed E-state index contributed by atoms with van der Waals surface area (Å²) in [6.07, 6.45) is 3.48. The molecule has 0 heterocycles. The molecule has 0 N–H and O–H groups in total. The van der Waals surface area contributed by atoms with Gasteiger partial charge in [-0.3, -0.25) is 4.79 Å². The molecule has 2 heteroatoms. The van der Waals surface area contributed by atoms with Crippen LogP contribution in [0, 0.1) is 12.8 Å². The summed E-state index contributed by atoms with van der Waals surface area (Å²) in [5.74, 6) is 0.856. The molecule has 0 rings (SSSR count). The maximum absolute atomic E-state index is 11.7. The van der Waals surface area contributed by atoms with E-state index in [0.29, 0.717) is 18.2 Å². The molecule has 0 aromatic rings. The van der Waals surface area contributed by atoms with Gasteiger partial charge in [-0.2, -0.15) is 0 Å². The van der Waals surface area contributed by atoms with Crippen molar-refractivity contribution in [3.05, 3.63) is 6.92 Å². The average Bonchev–Trinajstić information content (AvgIpc) is 2.13. The van der Waals surface area contributed by atoms with Crippen LogP contribution in [0.2, 0.25) is 0 Å². The lowest BCUT2D eigenvalue weighted by molar-refractivity contribution is -0.131. The van der Waals surface area contributed by atoms with Gasteiger partial charge in [0.25, 0.3) is 0 Å². The number of carbonyl (C=O) groups is 1. The Labute approximate surface area is 88.7 Å². The fourth-order valence-electron chi connectivity index (χ4n) is 1.46. The quantitative estimate of drug-likeness (QED) is 0.616. The van der Waals surface area contributed by atoms with E-state index in [2.05, 4.69) is 27.7 Å². The molecule has 0 fully saturated rings. The predicted octanol–water partition coefficient (Wildman–Crippen LogP) is 2.89. The van der Waals surface area contributed by atoms with E-state index in [4.69, 9.17) is 0 Å². The molecule has 0 bridgehead atoms. The van der Waals surface area contributed by atoms with Crippen molar-refractivity contribution in [2.75, 3.05) is 13.1 Å². The van der Waals surface area contributed by atoms with E-state index in [9.17, 15) is 4.79 Å². The second kappa shape index (κ2) is 7.84. The first-order valence-corrected chi connectivity index (χ1v) is 5.68. The van der Waals surface area contributed by atoms with Gasteiger partial charge in [0, 0.05) is 19.5 Å². The molecule has 1 radical (unpaired) electrons. The number of amides is 1. The van der Waals surface area contributed by atoms with Gasteiger partial charge in [0.15, 0.2) is 0 Å². The van der Waals surface area contributed by atoms with E-state index in [0.717, 1.165) is 32.4 Å². The smallest absolute Gasteiger partial charge is 0.222 e. The third-order valence-corrected chi connectivity index (χ3v) is 2.07. The van der Waals surface area contributed by atoms with Crippen molar-refractivity contribution in [3.63, 3.8) is 0 Å². The Morgan fingerprint density at radius 2 is 2.07 bits per heavy atom. The maximum Gasteiger partial charge on any atom is 0.222 e. The van der Waals surface area contributed by atoms with Crippen LogP contribution in [-0.2, 0) is 4.79 Å². The van der Waals surface area contributed by atoms with Crippen LogP contribution in [0.15, 0.2) is 0 Å². The molecule has 2 nitrogen and oxygen atoms in total. The topological polar surface area (TPSA) is 20.3 Å². The minimum Gasteiger partial charge on any atom is -0.342 e. The highest BCUT2D eigenvalue weighted by Gasteiger charge is 2.12. The molecule has 83 valence electrons. The van der Waals surface area contributed by atoms with Gasteiger partial charge in [0.2, 0.25) is 5.91 Å². The Bertz CT molecular complexity index is 154. The third-order valence-electron chi connectivity index (χ3n) is 2.07. The maximum atomic E-state index is 11.7. The van der Waals surface area contributed by atoms with Crippen LogP contribution in [0.25, 0.3) is 0 Å². The molecule has 0 aromatic carbocycles. The lowest BCUT2D eigenvalue weighted by Gasteiger charge is -2.24. The Hall–Kier alpha value is -0.530. The van der Waals surface area contributed by atoms with Crippen LogP contribution in [0.3, 0.4) is 0 Å². The summed E-state index contributed by atoms with van der Waals surface area (Å²) in [6.45, 7) is 12.0. The Morgan fingerprint density at radius 1 is 1.43 bits per heavy atom. The highest BCUT2D eigenvalue weighted by atomic mass is 16.2.